The van der Waals surface area contributed by atoms with E-state index >= 15 is 0 Å². The second kappa shape index (κ2) is 6.12. The lowest BCUT2D eigenvalue weighted by atomic mass is 10.2. The Morgan fingerprint density at radius 2 is 2.12 bits per heavy atom. The maximum atomic E-state index is 11.7. The summed E-state index contributed by atoms with van der Waals surface area (Å²) in [5, 5.41) is 0. The Labute approximate surface area is 95.1 Å². The molecule has 0 aliphatic rings. The first-order chi connectivity index (χ1) is 7.67. The van der Waals surface area contributed by atoms with E-state index in [9.17, 15) is 4.79 Å². The molecule has 1 unspecified atom stereocenters. The van der Waals surface area contributed by atoms with Crippen LogP contribution in [0.25, 0.3) is 0 Å². The predicted molar refractivity (Wildman–Crippen MR) is 59.7 cm³/mol. The van der Waals surface area contributed by atoms with Gasteiger partial charge in [0.05, 0.1) is 19.3 Å². The summed E-state index contributed by atoms with van der Waals surface area (Å²) in [6.45, 7) is 2.16. The molecule has 1 atom stereocenters. The van der Waals surface area contributed by atoms with E-state index in [4.69, 9.17) is 14.2 Å². The highest BCUT2D eigenvalue weighted by Gasteiger charge is 2.12. The molecule has 0 aliphatic carbocycles. The van der Waals surface area contributed by atoms with Crippen LogP contribution in [0.2, 0.25) is 0 Å². The molecular formula is C12H16O4. The third kappa shape index (κ3) is 3.55. The maximum Gasteiger partial charge on any atom is 0.338 e. The van der Waals surface area contributed by atoms with Gasteiger partial charge in [0.1, 0.15) is 11.9 Å². The second-order valence-corrected chi connectivity index (χ2v) is 3.40. The van der Waals surface area contributed by atoms with Crippen molar-refractivity contribution >= 4 is 5.97 Å². The molecule has 0 fully saturated rings. The van der Waals surface area contributed by atoms with E-state index in [-0.39, 0.29) is 12.1 Å². The smallest absolute Gasteiger partial charge is 0.338 e. The third-order valence-corrected chi connectivity index (χ3v) is 2.02. The number of benzene rings is 1. The molecule has 0 saturated heterocycles. The fraction of sp³-hybridized carbons (Fsp3) is 0.417. The number of hydrogen-bond acceptors (Lipinski definition) is 4. The Kier molecular flexibility index (Phi) is 4.79. The average molecular weight is 224 g/mol. The molecule has 0 amide bonds. The lowest BCUT2D eigenvalue weighted by Crippen LogP contribution is -2.19. The van der Waals surface area contributed by atoms with Crippen molar-refractivity contribution < 1.29 is 19.0 Å². The number of rotatable bonds is 5. The van der Waals surface area contributed by atoms with Gasteiger partial charge in [-0.1, -0.05) is 6.07 Å². The van der Waals surface area contributed by atoms with Crippen LogP contribution in [0.5, 0.6) is 5.75 Å². The van der Waals surface area contributed by atoms with Crippen LogP contribution in [0.15, 0.2) is 24.3 Å². The van der Waals surface area contributed by atoms with E-state index < -0.39 is 0 Å². The van der Waals surface area contributed by atoms with Crippen molar-refractivity contribution in [1.82, 2.24) is 0 Å². The molecule has 4 heteroatoms. The minimum atomic E-state index is -0.372. The predicted octanol–water partition coefficient (Wildman–Crippen LogP) is 1.89. The van der Waals surface area contributed by atoms with E-state index in [0.29, 0.717) is 17.9 Å². The van der Waals surface area contributed by atoms with Crippen LogP contribution in [0.1, 0.15) is 17.3 Å². The molecule has 0 N–H and O–H groups in total. The van der Waals surface area contributed by atoms with E-state index in [1.54, 1.807) is 45.4 Å². The fourth-order valence-corrected chi connectivity index (χ4v) is 1.27. The van der Waals surface area contributed by atoms with Gasteiger partial charge in [0.2, 0.25) is 0 Å². The normalized spacial score (nSPS) is 11.9. The van der Waals surface area contributed by atoms with Crippen LogP contribution in [-0.4, -0.2) is 32.9 Å². The van der Waals surface area contributed by atoms with Crippen LogP contribution in [0.4, 0.5) is 0 Å². The largest absolute Gasteiger partial charge is 0.497 e. The van der Waals surface area contributed by atoms with Gasteiger partial charge in [0, 0.05) is 7.11 Å². The van der Waals surface area contributed by atoms with Crippen LogP contribution < -0.4 is 4.74 Å². The molecule has 0 saturated carbocycles. The maximum absolute atomic E-state index is 11.7. The lowest BCUT2D eigenvalue weighted by molar-refractivity contribution is 0.0120. The fourth-order valence-electron chi connectivity index (χ4n) is 1.27. The van der Waals surface area contributed by atoms with E-state index in [1.807, 2.05) is 0 Å². The third-order valence-electron chi connectivity index (χ3n) is 2.02. The summed E-state index contributed by atoms with van der Waals surface area (Å²) in [5.74, 6) is 0.261. The average Bonchev–Trinajstić information content (AvgIpc) is 2.29. The van der Waals surface area contributed by atoms with Gasteiger partial charge in [0.25, 0.3) is 0 Å². The topological polar surface area (TPSA) is 44.8 Å². The van der Waals surface area contributed by atoms with E-state index in [1.165, 1.54) is 0 Å². The molecule has 0 heterocycles. The summed E-state index contributed by atoms with van der Waals surface area (Å²) < 4.78 is 15.1. The van der Waals surface area contributed by atoms with Gasteiger partial charge in [-0.3, -0.25) is 0 Å². The van der Waals surface area contributed by atoms with Crippen molar-refractivity contribution in [3.05, 3.63) is 29.8 Å². The molecule has 4 nitrogen and oxygen atoms in total. The molecule has 1 aromatic rings. The van der Waals surface area contributed by atoms with Crippen molar-refractivity contribution in [2.45, 2.75) is 13.0 Å². The van der Waals surface area contributed by atoms with E-state index in [2.05, 4.69) is 0 Å². The molecule has 0 bridgehead atoms. The second-order valence-electron chi connectivity index (χ2n) is 3.40. The SMILES string of the molecule is COCC(C)OC(=O)c1cccc(OC)c1. The number of hydrogen-bond donors (Lipinski definition) is 0. The Hall–Kier alpha value is -1.55. The number of carbonyl (C=O) groups excluding carboxylic acids is 1. The van der Waals surface area contributed by atoms with Crippen LogP contribution in [-0.2, 0) is 9.47 Å². The zero-order valence-electron chi connectivity index (χ0n) is 9.73. The van der Waals surface area contributed by atoms with Gasteiger partial charge in [-0.2, -0.15) is 0 Å². The summed E-state index contributed by atoms with van der Waals surface area (Å²) in [6, 6.07) is 6.85. The first kappa shape index (κ1) is 12.5. The number of esters is 1. The Balaban J connectivity index is 2.65. The van der Waals surface area contributed by atoms with Crippen LogP contribution >= 0.6 is 0 Å². The Morgan fingerprint density at radius 1 is 1.38 bits per heavy atom. The highest BCUT2D eigenvalue weighted by molar-refractivity contribution is 5.89. The number of carbonyl (C=O) groups is 1. The van der Waals surface area contributed by atoms with Crippen LogP contribution in [0, 0.1) is 0 Å². The number of methoxy groups -OCH3 is 2. The van der Waals surface area contributed by atoms with Crippen molar-refractivity contribution in [2.75, 3.05) is 20.8 Å². The Bertz CT molecular complexity index is 349. The molecule has 1 rings (SSSR count). The van der Waals surface area contributed by atoms with Crippen molar-refractivity contribution in [3.63, 3.8) is 0 Å². The van der Waals surface area contributed by atoms with E-state index in [0.717, 1.165) is 0 Å². The zero-order chi connectivity index (χ0) is 12.0. The van der Waals surface area contributed by atoms with Gasteiger partial charge in [-0.25, -0.2) is 4.79 Å². The van der Waals surface area contributed by atoms with Gasteiger partial charge in [0.15, 0.2) is 0 Å². The molecule has 0 spiro atoms. The zero-order valence-corrected chi connectivity index (χ0v) is 9.73. The summed E-state index contributed by atoms with van der Waals surface area (Å²) in [6.07, 6.45) is -0.260. The first-order valence-corrected chi connectivity index (χ1v) is 5.01. The minimum Gasteiger partial charge on any atom is -0.497 e. The van der Waals surface area contributed by atoms with Gasteiger partial charge in [-0.15, -0.1) is 0 Å². The molecule has 88 valence electrons. The highest BCUT2D eigenvalue weighted by atomic mass is 16.6. The summed E-state index contributed by atoms with van der Waals surface area (Å²) in [5.41, 5.74) is 0.474. The molecule has 0 aliphatic heterocycles. The Morgan fingerprint density at radius 3 is 2.75 bits per heavy atom. The standard InChI is InChI=1S/C12H16O4/c1-9(8-14-2)16-12(13)10-5-4-6-11(7-10)15-3/h4-7,9H,8H2,1-3H3. The summed E-state index contributed by atoms with van der Waals surface area (Å²) in [4.78, 5) is 11.7. The lowest BCUT2D eigenvalue weighted by Gasteiger charge is -2.12. The van der Waals surface area contributed by atoms with Gasteiger partial charge < -0.3 is 14.2 Å². The molecular weight excluding hydrogens is 208 g/mol. The van der Waals surface area contributed by atoms with Gasteiger partial charge >= 0.3 is 5.97 Å². The van der Waals surface area contributed by atoms with Gasteiger partial charge in [-0.05, 0) is 25.1 Å². The number of ether oxygens (including phenoxy) is 3. The van der Waals surface area contributed by atoms with Crippen LogP contribution in [0.3, 0.4) is 0 Å². The molecule has 0 aromatic heterocycles. The van der Waals surface area contributed by atoms with Crippen molar-refractivity contribution in [1.29, 1.82) is 0 Å². The molecule has 16 heavy (non-hydrogen) atoms. The minimum absolute atomic E-state index is 0.260. The molecule has 1 aromatic carbocycles. The summed E-state index contributed by atoms with van der Waals surface area (Å²) >= 11 is 0. The highest BCUT2D eigenvalue weighted by Crippen LogP contribution is 2.13. The monoisotopic (exact) mass is 224 g/mol. The van der Waals surface area contributed by atoms with Crippen molar-refractivity contribution in [2.24, 2.45) is 0 Å². The first-order valence-electron chi connectivity index (χ1n) is 5.01. The summed E-state index contributed by atoms with van der Waals surface area (Å²) in [7, 11) is 3.12. The molecule has 0 radical (unpaired) electrons. The van der Waals surface area contributed by atoms with Crippen molar-refractivity contribution in [3.8, 4) is 5.75 Å². The quantitative estimate of drug-likeness (QED) is 0.716.